The number of carbonyl (C=O) groups is 1. The fourth-order valence-corrected chi connectivity index (χ4v) is 4.11. The Morgan fingerprint density at radius 1 is 1.11 bits per heavy atom. The van der Waals surface area contributed by atoms with E-state index in [0.29, 0.717) is 25.1 Å². The minimum atomic E-state index is -2.90. The highest BCUT2D eigenvalue weighted by Crippen LogP contribution is 2.58. The molecule has 3 heterocycles. The smallest absolute Gasteiger partial charge is 0.258 e. The number of nitrogens with one attached hydrogen (secondary N) is 1. The van der Waals surface area contributed by atoms with Crippen LogP contribution in [0.1, 0.15) is 42.5 Å². The average Bonchev–Trinajstić information content (AvgIpc) is 3.37. The predicted octanol–water partition coefficient (Wildman–Crippen LogP) is 4.32. The number of nitrogens with zero attached hydrogens (tertiary/aromatic N) is 5. The lowest BCUT2D eigenvalue weighted by Gasteiger charge is -2.19. The zero-order valence-electron chi connectivity index (χ0n) is 19.3. The van der Waals surface area contributed by atoms with Crippen LogP contribution in [0, 0.1) is 0 Å². The van der Waals surface area contributed by atoms with Gasteiger partial charge in [-0.05, 0) is 29.5 Å². The molecular weight excluding hydrogens is 454 g/mol. The summed E-state index contributed by atoms with van der Waals surface area (Å²) in [4.78, 5) is 21.3. The highest BCUT2D eigenvalue weighted by Gasteiger charge is 2.62. The Bertz CT molecular complexity index is 1340. The van der Waals surface area contributed by atoms with Crippen molar-refractivity contribution in [1.82, 2.24) is 24.9 Å². The number of anilines is 1. The van der Waals surface area contributed by atoms with Gasteiger partial charge < -0.3 is 9.84 Å². The van der Waals surface area contributed by atoms with E-state index >= 15 is 0 Å². The van der Waals surface area contributed by atoms with Gasteiger partial charge in [0, 0.05) is 50.6 Å². The van der Waals surface area contributed by atoms with Gasteiger partial charge in [0.15, 0.2) is 11.6 Å². The van der Waals surface area contributed by atoms with Gasteiger partial charge in [-0.15, -0.1) is 0 Å². The Morgan fingerprint density at radius 3 is 2.43 bits per heavy atom. The van der Waals surface area contributed by atoms with E-state index in [2.05, 4.69) is 25.5 Å². The summed E-state index contributed by atoms with van der Waals surface area (Å²) in [5.41, 5.74) is 2.33. The van der Waals surface area contributed by atoms with Gasteiger partial charge in [-0.3, -0.25) is 9.48 Å². The van der Waals surface area contributed by atoms with E-state index in [0.717, 1.165) is 29.2 Å². The third-order valence-electron chi connectivity index (χ3n) is 6.32. The number of aryl methyl sites for hydroxylation is 1. The van der Waals surface area contributed by atoms with Crippen molar-refractivity contribution in [3.8, 4) is 11.1 Å². The summed E-state index contributed by atoms with van der Waals surface area (Å²) in [5.74, 6) is -2.26. The molecule has 1 aromatic carbocycles. The molecule has 5 rings (SSSR count). The van der Waals surface area contributed by atoms with Crippen LogP contribution in [0.5, 0.6) is 0 Å². The number of benzene rings is 1. The van der Waals surface area contributed by atoms with Crippen molar-refractivity contribution in [2.75, 3.05) is 5.32 Å². The monoisotopic (exact) mass is 478 g/mol. The minimum absolute atomic E-state index is 0.109. The number of rotatable bonds is 8. The molecule has 1 aliphatic rings. The summed E-state index contributed by atoms with van der Waals surface area (Å²) >= 11 is 0. The average molecular weight is 479 g/mol. The molecule has 1 saturated carbocycles. The lowest BCUT2D eigenvalue weighted by atomic mass is 9.96. The zero-order valence-corrected chi connectivity index (χ0v) is 19.3. The first-order valence-corrected chi connectivity index (χ1v) is 11.2. The van der Waals surface area contributed by atoms with Gasteiger partial charge in [-0.1, -0.05) is 29.4 Å². The number of halogens is 2. The SMILES string of the molecule is Cn1cc(Cc2ncc(-c3ccc(CC(=O)Nc4cc(C5(C(C)(F)F)CC5)on4)cc3)cn2)cn1. The van der Waals surface area contributed by atoms with Gasteiger partial charge >= 0.3 is 0 Å². The number of hydrogen-bond donors (Lipinski definition) is 1. The summed E-state index contributed by atoms with van der Waals surface area (Å²) in [6.07, 6.45) is 8.66. The van der Waals surface area contributed by atoms with Crippen LogP contribution in [0.4, 0.5) is 14.6 Å². The topological polar surface area (TPSA) is 98.7 Å². The fourth-order valence-electron chi connectivity index (χ4n) is 4.11. The molecule has 35 heavy (non-hydrogen) atoms. The van der Waals surface area contributed by atoms with Crippen molar-refractivity contribution in [2.45, 2.75) is 43.9 Å². The Kier molecular flexibility index (Phi) is 5.66. The molecule has 0 aliphatic heterocycles. The van der Waals surface area contributed by atoms with Crippen molar-refractivity contribution >= 4 is 11.7 Å². The molecular formula is C25H24F2N6O2. The van der Waals surface area contributed by atoms with E-state index in [9.17, 15) is 13.6 Å². The van der Waals surface area contributed by atoms with Gasteiger partial charge in [0.2, 0.25) is 5.91 Å². The van der Waals surface area contributed by atoms with Crippen molar-refractivity contribution < 1.29 is 18.1 Å². The van der Waals surface area contributed by atoms with Crippen molar-refractivity contribution in [1.29, 1.82) is 0 Å². The van der Waals surface area contributed by atoms with Crippen molar-refractivity contribution in [2.24, 2.45) is 7.05 Å². The van der Waals surface area contributed by atoms with E-state index in [1.54, 1.807) is 23.3 Å². The Balaban J connectivity index is 1.18. The highest BCUT2D eigenvalue weighted by molar-refractivity contribution is 5.91. The molecule has 1 N–H and O–H groups in total. The molecule has 1 amide bonds. The molecule has 1 aliphatic carbocycles. The number of aromatic nitrogens is 5. The van der Waals surface area contributed by atoms with E-state index in [1.165, 1.54) is 6.07 Å². The number of hydrogen-bond acceptors (Lipinski definition) is 6. The van der Waals surface area contributed by atoms with Crippen LogP contribution in [0.2, 0.25) is 0 Å². The summed E-state index contributed by atoms with van der Waals surface area (Å²) in [5, 5.41) is 10.5. The first-order valence-electron chi connectivity index (χ1n) is 11.2. The quantitative estimate of drug-likeness (QED) is 0.405. The predicted molar refractivity (Wildman–Crippen MR) is 124 cm³/mol. The lowest BCUT2D eigenvalue weighted by molar-refractivity contribution is -0.115. The molecule has 0 bridgehead atoms. The molecule has 0 atom stereocenters. The normalized spacial score (nSPS) is 14.6. The Hall–Kier alpha value is -3.95. The standard InChI is InChI=1S/C25H24F2N6O2/c1-24(26,27)25(7-8-25)20-11-22(32-35-20)31-23(34)10-16-3-5-18(6-4-16)19-13-28-21(29-14-19)9-17-12-30-33(2)15-17/h3-6,11-15H,7-10H2,1-2H3,(H,31,32,34). The van der Waals surface area contributed by atoms with Gasteiger partial charge in [0.1, 0.15) is 5.82 Å². The Labute approximate surface area is 200 Å². The van der Waals surface area contributed by atoms with E-state index in [1.807, 2.05) is 37.5 Å². The third kappa shape index (κ3) is 4.82. The van der Waals surface area contributed by atoms with Crippen molar-refractivity contribution in [3.05, 3.63) is 77.8 Å². The minimum Gasteiger partial charge on any atom is -0.358 e. The highest BCUT2D eigenvalue weighted by atomic mass is 19.3. The van der Waals surface area contributed by atoms with Crippen LogP contribution >= 0.6 is 0 Å². The molecule has 0 saturated heterocycles. The second-order valence-electron chi connectivity index (χ2n) is 9.06. The summed E-state index contributed by atoms with van der Waals surface area (Å²) in [6.45, 7) is 0.882. The van der Waals surface area contributed by atoms with E-state index in [-0.39, 0.29) is 23.9 Å². The molecule has 8 nitrogen and oxygen atoms in total. The van der Waals surface area contributed by atoms with E-state index in [4.69, 9.17) is 4.52 Å². The second kappa shape index (κ2) is 8.68. The number of amides is 1. The molecule has 180 valence electrons. The van der Waals surface area contributed by atoms with Crippen LogP contribution < -0.4 is 5.32 Å². The third-order valence-corrected chi connectivity index (χ3v) is 6.32. The molecule has 0 unspecified atom stereocenters. The molecule has 10 heteroatoms. The van der Waals surface area contributed by atoms with Crippen LogP contribution in [-0.2, 0) is 30.1 Å². The largest absolute Gasteiger partial charge is 0.358 e. The fraction of sp³-hybridized carbons (Fsp3) is 0.320. The maximum Gasteiger partial charge on any atom is 0.258 e. The maximum atomic E-state index is 13.9. The molecule has 3 aromatic heterocycles. The van der Waals surface area contributed by atoms with Crippen molar-refractivity contribution in [3.63, 3.8) is 0 Å². The maximum absolute atomic E-state index is 13.9. The van der Waals surface area contributed by atoms with Gasteiger partial charge in [-0.2, -0.15) is 5.10 Å². The van der Waals surface area contributed by atoms with Crippen LogP contribution in [0.15, 0.2) is 59.6 Å². The molecule has 0 radical (unpaired) electrons. The van der Waals surface area contributed by atoms with Gasteiger partial charge in [-0.25, -0.2) is 18.7 Å². The Morgan fingerprint density at radius 2 is 1.83 bits per heavy atom. The first kappa shape index (κ1) is 22.8. The molecule has 1 fully saturated rings. The summed E-state index contributed by atoms with van der Waals surface area (Å²) in [7, 11) is 1.87. The van der Waals surface area contributed by atoms with Crippen LogP contribution in [-0.4, -0.2) is 36.7 Å². The van der Waals surface area contributed by atoms with Crippen LogP contribution in [0.25, 0.3) is 11.1 Å². The summed E-state index contributed by atoms with van der Waals surface area (Å²) < 4.78 is 34.6. The van der Waals surface area contributed by atoms with Gasteiger partial charge in [0.05, 0.1) is 18.0 Å². The van der Waals surface area contributed by atoms with Crippen LogP contribution in [0.3, 0.4) is 0 Å². The van der Waals surface area contributed by atoms with E-state index < -0.39 is 11.3 Å². The zero-order chi connectivity index (χ0) is 24.6. The number of carbonyl (C=O) groups excluding carboxylic acids is 1. The van der Waals surface area contributed by atoms with Gasteiger partial charge in [0.25, 0.3) is 5.92 Å². The number of alkyl halides is 2. The molecule has 0 spiro atoms. The lowest BCUT2D eigenvalue weighted by Crippen LogP contribution is -2.29. The first-order chi connectivity index (χ1) is 16.7. The second-order valence-corrected chi connectivity index (χ2v) is 9.06. The molecule has 4 aromatic rings. The summed E-state index contributed by atoms with van der Waals surface area (Å²) in [6, 6.07) is 8.89.